The fraction of sp³-hybridized carbons (Fsp3) is 0.276. The molecule has 1 fully saturated rings. The standard InChI is InChI=1S/C29H33N5O3S/c1-18-12-26(31)24(15-27(18)33-28(35)14-23-8-5-11-38-23)25(30)10-9-21-6-4-7-22(13-21)32-29(36)34-16-19(2)37-20(3)17-34/h4-13,15,19-20,30H,14,16-17,31H2,1-3H3,(H,32,36)(H,33,35)/b10-9+,30-25?. The summed E-state index contributed by atoms with van der Waals surface area (Å²) < 4.78 is 5.71. The smallest absolute Gasteiger partial charge is 0.322 e. The van der Waals surface area contributed by atoms with Gasteiger partial charge >= 0.3 is 6.03 Å². The minimum absolute atomic E-state index is 0.00572. The first kappa shape index (κ1) is 27.1. The number of aryl methyl sites for hydroxylation is 1. The molecule has 1 saturated heterocycles. The molecular formula is C29H33N5O3S. The Hall–Kier alpha value is -3.95. The molecule has 9 heteroatoms. The topological polar surface area (TPSA) is 121 Å². The Morgan fingerprint density at radius 3 is 2.61 bits per heavy atom. The number of anilines is 3. The van der Waals surface area contributed by atoms with E-state index in [9.17, 15) is 9.59 Å². The highest BCUT2D eigenvalue weighted by Gasteiger charge is 2.25. The van der Waals surface area contributed by atoms with Gasteiger partial charge in [0.1, 0.15) is 0 Å². The number of carbonyl (C=O) groups excluding carboxylic acids is 2. The average molecular weight is 532 g/mol. The number of nitrogens with one attached hydrogen (secondary N) is 3. The minimum atomic E-state index is -0.165. The van der Waals surface area contributed by atoms with E-state index in [0.29, 0.717) is 42.1 Å². The lowest BCUT2D eigenvalue weighted by Crippen LogP contribution is -2.49. The van der Waals surface area contributed by atoms with Crippen LogP contribution in [0.5, 0.6) is 0 Å². The molecule has 0 saturated carbocycles. The van der Waals surface area contributed by atoms with Gasteiger partial charge in [0.2, 0.25) is 5.91 Å². The number of ether oxygens (including phenoxy) is 1. The third-order valence-corrected chi connectivity index (χ3v) is 7.04. The molecule has 0 radical (unpaired) electrons. The summed E-state index contributed by atoms with van der Waals surface area (Å²) in [5, 5.41) is 16.4. The Morgan fingerprint density at radius 2 is 1.89 bits per heavy atom. The fourth-order valence-electron chi connectivity index (χ4n) is 4.40. The number of hydrogen-bond acceptors (Lipinski definition) is 6. The molecule has 198 valence electrons. The zero-order valence-corrected chi connectivity index (χ0v) is 22.6. The maximum absolute atomic E-state index is 12.7. The maximum atomic E-state index is 12.7. The van der Waals surface area contributed by atoms with Crippen molar-refractivity contribution in [2.45, 2.75) is 39.4 Å². The van der Waals surface area contributed by atoms with Crippen molar-refractivity contribution >= 4 is 52.1 Å². The summed E-state index contributed by atoms with van der Waals surface area (Å²) in [7, 11) is 0. The van der Waals surface area contributed by atoms with Crippen LogP contribution in [-0.2, 0) is 16.0 Å². The molecule has 8 nitrogen and oxygen atoms in total. The summed E-state index contributed by atoms with van der Waals surface area (Å²) in [4.78, 5) is 28.0. The van der Waals surface area contributed by atoms with Gasteiger partial charge in [-0.05, 0) is 73.7 Å². The highest BCUT2D eigenvalue weighted by atomic mass is 32.1. The van der Waals surface area contributed by atoms with Crippen molar-refractivity contribution in [3.05, 3.63) is 81.6 Å². The van der Waals surface area contributed by atoms with E-state index >= 15 is 0 Å². The van der Waals surface area contributed by atoms with Gasteiger partial charge in [0.05, 0.1) is 24.3 Å². The van der Waals surface area contributed by atoms with Crippen molar-refractivity contribution in [1.82, 2.24) is 4.90 Å². The van der Waals surface area contributed by atoms with Crippen LogP contribution in [0.2, 0.25) is 0 Å². The third kappa shape index (κ3) is 7.08. The Labute approximate surface area is 227 Å². The zero-order valence-electron chi connectivity index (χ0n) is 21.8. The van der Waals surface area contributed by atoms with E-state index < -0.39 is 0 Å². The van der Waals surface area contributed by atoms with Crippen molar-refractivity contribution < 1.29 is 14.3 Å². The highest BCUT2D eigenvalue weighted by Crippen LogP contribution is 2.25. The number of allylic oxidation sites excluding steroid dienone is 1. The molecule has 1 aliphatic heterocycles. The van der Waals surface area contributed by atoms with Crippen molar-refractivity contribution in [3.8, 4) is 0 Å². The number of carbonyl (C=O) groups is 2. The van der Waals surface area contributed by atoms with Crippen molar-refractivity contribution in [2.24, 2.45) is 0 Å². The number of nitrogens with zero attached hydrogens (tertiary/aromatic N) is 1. The van der Waals surface area contributed by atoms with E-state index in [2.05, 4.69) is 10.6 Å². The van der Waals surface area contributed by atoms with Crippen molar-refractivity contribution in [2.75, 3.05) is 29.5 Å². The molecule has 2 atom stereocenters. The number of urea groups is 1. The quantitative estimate of drug-likeness (QED) is 0.236. The first-order valence-electron chi connectivity index (χ1n) is 12.5. The van der Waals surface area contributed by atoms with Crippen molar-refractivity contribution in [1.29, 1.82) is 5.41 Å². The second-order valence-corrected chi connectivity index (χ2v) is 10.6. The Balaban J connectivity index is 1.42. The molecule has 4 rings (SSSR count). The van der Waals surface area contributed by atoms with Crippen LogP contribution >= 0.6 is 11.3 Å². The molecule has 2 aromatic carbocycles. The SMILES string of the molecule is Cc1cc(N)c(C(=N)/C=C/c2cccc(NC(=O)N3CC(C)OC(C)C3)c2)cc1NC(=O)Cc1cccs1. The summed E-state index contributed by atoms with van der Waals surface area (Å²) in [6, 6.07) is 14.6. The summed E-state index contributed by atoms with van der Waals surface area (Å²) in [5.74, 6) is -0.117. The molecule has 3 amide bonds. The van der Waals surface area contributed by atoms with Crippen LogP contribution in [-0.4, -0.2) is 47.8 Å². The van der Waals surface area contributed by atoms with Gasteiger partial charge in [0.25, 0.3) is 0 Å². The third-order valence-electron chi connectivity index (χ3n) is 6.16. The highest BCUT2D eigenvalue weighted by molar-refractivity contribution is 7.10. The van der Waals surface area contributed by atoms with Gasteiger partial charge in [0, 0.05) is 40.6 Å². The number of thiophene rings is 1. The predicted octanol–water partition coefficient (Wildman–Crippen LogP) is 5.54. The average Bonchev–Trinajstić information content (AvgIpc) is 3.36. The van der Waals surface area contributed by atoms with E-state index in [1.165, 1.54) is 11.3 Å². The molecule has 0 bridgehead atoms. The van der Waals surface area contributed by atoms with Gasteiger partial charge < -0.3 is 31.4 Å². The molecular weight excluding hydrogens is 498 g/mol. The van der Waals surface area contributed by atoms with Crippen molar-refractivity contribution in [3.63, 3.8) is 0 Å². The maximum Gasteiger partial charge on any atom is 0.322 e. The molecule has 2 unspecified atom stereocenters. The van der Waals surface area contributed by atoms with Gasteiger partial charge in [-0.3, -0.25) is 4.79 Å². The first-order valence-corrected chi connectivity index (χ1v) is 13.4. The largest absolute Gasteiger partial charge is 0.398 e. The number of morpholine rings is 1. The summed E-state index contributed by atoms with van der Waals surface area (Å²) >= 11 is 1.54. The summed E-state index contributed by atoms with van der Waals surface area (Å²) in [6.07, 6.45) is 3.74. The zero-order chi connectivity index (χ0) is 27.2. The van der Waals surface area contributed by atoms with Gasteiger partial charge in [0.15, 0.2) is 0 Å². The lowest BCUT2D eigenvalue weighted by atomic mass is 10.0. The minimum Gasteiger partial charge on any atom is -0.398 e. The van der Waals surface area contributed by atoms with E-state index in [-0.39, 0.29) is 29.9 Å². The van der Waals surface area contributed by atoms with E-state index in [1.807, 2.05) is 62.5 Å². The lowest BCUT2D eigenvalue weighted by molar-refractivity contribution is -0.115. The molecule has 1 aromatic heterocycles. The number of hydrogen-bond donors (Lipinski definition) is 4. The number of benzene rings is 2. The van der Waals surface area contributed by atoms with Crippen LogP contribution in [0.1, 0.15) is 35.4 Å². The van der Waals surface area contributed by atoms with Crippen LogP contribution < -0.4 is 16.4 Å². The van der Waals surface area contributed by atoms with Gasteiger partial charge in [-0.2, -0.15) is 0 Å². The molecule has 2 heterocycles. The molecule has 0 spiro atoms. The van der Waals surface area contributed by atoms with Crippen LogP contribution in [0.3, 0.4) is 0 Å². The van der Waals surface area contributed by atoms with Crippen LogP contribution in [0.25, 0.3) is 6.08 Å². The van der Waals surface area contributed by atoms with E-state index in [0.717, 1.165) is 16.0 Å². The van der Waals surface area contributed by atoms with Crippen LogP contribution in [0.15, 0.2) is 60.0 Å². The lowest BCUT2D eigenvalue weighted by Gasteiger charge is -2.35. The van der Waals surface area contributed by atoms with Gasteiger partial charge in [-0.15, -0.1) is 11.3 Å². The van der Waals surface area contributed by atoms with E-state index in [1.54, 1.807) is 29.2 Å². The Morgan fingerprint density at radius 1 is 1.13 bits per heavy atom. The normalized spacial score (nSPS) is 17.4. The van der Waals surface area contributed by atoms with Crippen LogP contribution in [0, 0.1) is 12.3 Å². The number of nitrogen functional groups attached to an aromatic ring is 1. The second kappa shape index (κ2) is 12.1. The second-order valence-electron chi connectivity index (χ2n) is 9.52. The number of nitrogens with two attached hydrogens (primary N) is 1. The summed E-state index contributed by atoms with van der Waals surface area (Å²) in [6.45, 7) is 6.87. The molecule has 5 N–H and O–H groups in total. The fourth-order valence-corrected chi connectivity index (χ4v) is 5.10. The molecule has 38 heavy (non-hydrogen) atoms. The van der Waals surface area contributed by atoms with Crippen LogP contribution in [0.4, 0.5) is 21.9 Å². The first-order chi connectivity index (χ1) is 18.2. The summed E-state index contributed by atoms with van der Waals surface area (Å²) in [5.41, 5.74) is 10.4. The number of rotatable bonds is 7. The monoisotopic (exact) mass is 531 g/mol. The number of amides is 3. The molecule has 1 aliphatic rings. The Bertz CT molecular complexity index is 1340. The van der Waals surface area contributed by atoms with Gasteiger partial charge in [-0.1, -0.05) is 24.3 Å². The molecule has 0 aliphatic carbocycles. The van der Waals surface area contributed by atoms with Gasteiger partial charge in [-0.25, -0.2) is 4.79 Å². The molecule has 3 aromatic rings. The Kier molecular flexibility index (Phi) is 8.60. The predicted molar refractivity (Wildman–Crippen MR) is 155 cm³/mol. The van der Waals surface area contributed by atoms with E-state index in [4.69, 9.17) is 15.9 Å².